The fourth-order valence-electron chi connectivity index (χ4n) is 6.62. The lowest BCUT2D eigenvalue weighted by Crippen LogP contribution is -2.60. The maximum absolute atomic E-state index is 14.1. The Bertz CT molecular complexity index is 1490. The van der Waals surface area contributed by atoms with Gasteiger partial charge in [0, 0.05) is 39.0 Å². The Morgan fingerprint density at radius 3 is 2.32 bits per heavy atom. The van der Waals surface area contributed by atoms with Gasteiger partial charge in [-0.1, -0.05) is 13.8 Å². The molecule has 3 aliphatic heterocycles. The summed E-state index contributed by atoms with van der Waals surface area (Å²) >= 11 is 0. The number of cyclic esters (lactones) is 1. The molecule has 16 heteroatoms. The van der Waals surface area contributed by atoms with Gasteiger partial charge < -0.3 is 35.4 Å². The summed E-state index contributed by atoms with van der Waals surface area (Å²) in [5.74, 6) is -6.53. The van der Waals surface area contributed by atoms with Gasteiger partial charge in [0.1, 0.15) is 54.5 Å². The van der Waals surface area contributed by atoms with E-state index in [1.54, 1.807) is 6.92 Å². The molecule has 14 nitrogen and oxygen atoms in total. The van der Waals surface area contributed by atoms with Gasteiger partial charge in [-0.05, 0) is 63.1 Å². The Labute approximate surface area is 289 Å². The number of amides is 6. The molecule has 50 heavy (non-hydrogen) atoms. The smallest absolute Gasteiger partial charge is 0.328 e. The molecule has 1 aromatic rings. The first-order valence-electron chi connectivity index (χ1n) is 17.0. The molecule has 0 unspecified atom stereocenters. The van der Waals surface area contributed by atoms with Crippen molar-refractivity contribution in [2.75, 3.05) is 26.7 Å². The summed E-state index contributed by atoms with van der Waals surface area (Å²) in [6.45, 7) is 6.24. The van der Waals surface area contributed by atoms with Crippen molar-refractivity contribution in [1.82, 2.24) is 30.7 Å². The lowest BCUT2D eigenvalue weighted by molar-refractivity contribution is -0.158. The number of fused-ring (bicyclic) bond motifs is 2. The topological polar surface area (TPSA) is 175 Å². The van der Waals surface area contributed by atoms with Crippen molar-refractivity contribution >= 4 is 41.4 Å². The molecule has 3 fully saturated rings. The first-order valence-corrected chi connectivity index (χ1v) is 17.0. The highest BCUT2D eigenvalue weighted by atomic mass is 19.1. The lowest BCUT2D eigenvalue weighted by Gasteiger charge is -2.34. The maximum Gasteiger partial charge on any atom is 0.328 e. The Morgan fingerprint density at radius 2 is 1.66 bits per heavy atom. The van der Waals surface area contributed by atoms with Crippen LogP contribution in [0.1, 0.15) is 65.4 Å². The zero-order valence-electron chi connectivity index (χ0n) is 29.0. The van der Waals surface area contributed by atoms with Crippen molar-refractivity contribution in [2.45, 2.75) is 102 Å². The molecule has 0 spiro atoms. The first-order chi connectivity index (χ1) is 23.6. The molecule has 0 radical (unpaired) electrons. The van der Waals surface area contributed by atoms with E-state index in [0.29, 0.717) is 18.9 Å². The molecular formula is C34H46F2N6O8. The summed E-state index contributed by atoms with van der Waals surface area (Å²) in [5, 5.41) is 7.74. The fraction of sp³-hybridized carbons (Fsp3) is 0.618. The van der Waals surface area contributed by atoms with E-state index >= 15 is 0 Å². The number of hydrogen-bond donors (Lipinski definition) is 3. The number of ether oxygens (including phenoxy) is 1. The van der Waals surface area contributed by atoms with Gasteiger partial charge in [-0.15, -0.1) is 0 Å². The standard InChI is InChI=1S/C34H46F2N6O8/c1-6-8-28(43)38-24(14-21-12-22(35)15-23(36)13-21)30(45)39-25-17-50-34(49)27-11-18(2)16-42(27)31(46)19(3)37-29(44)20(4)40(5)33(48)26-9-7-10-41(26)32(25)47/h12-13,15,18-20,24-27H,6-11,14,16-17H2,1-5H3,(H,37,44)(H,38,43)(H,39,45)/t18-,19+,20+,24+,25+,26+,27+/m1/s1. The second kappa shape index (κ2) is 16.4. The zero-order valence-corrected chi connectivity index (χ0v) is 29.0. The van der Waals surface area contributed by atoms with Crippen molar-refractivity contribution in [1.29, 1.82) is 0 Å². The molecule has 3 heterocycles. The summed E-state index contributed by atoms with van der Waals surface area (Å²) in [6.07, 6.45) is 1.11. The van der Waals surface area contributed by atoms with Crippen LogP contribution in [-0.2, 0) is 44.7 Å². The Morgan fingerprint density at radius 1 is 0.980 bits per heavy atom. The summed E-state index contributed by atoms with van der Waals surface area (Å²) in [6, 6.07) is -4.30. The first kappa shape index (κ1) is 38.2. The number of halogens is 2. The number of rotatable bonds is 7. The molecule has 3 saturated heterocycles. The SMILES string of the molecule is CCCC(=O)N[C@@H](Cc1cc(F)cc(F)c1)C(=O)N[C@H]1COC(=O)[C@@H]2C[C@@H](C)CN2C(=O)[C@H](C)NC(=O)[C@H](C)N(C)C(=O)[C@@H]2CCCN2C1=O. The van der Waals surface area contributed by atoms with E-state index in [-0.39, 0.29) is 50.3 Å². The van der Waals surface area contributed by atoms with Crippen LogP contribution < -0.4 is 16.0 Å². The van der Waals surface area contributed by atoms with Crippen LogP contribution in [0, 0.1) is 17.6 Å². The monoisotopic (exact) mass is 704 g/mol. The van der Waals surface area contributed by atoms with Crippen LogP contribution in [0.2, 0.25) is 0 Å². The number of nitrogens with zero attached hydrogens (tertiary/aromatic N) is 3. The van der Waals surface area contributed by atoms with Gasteiger partial charge in [0.25, 0.3) is 0 Å². The van der Waals surface area contributed by atoms with Gasteiger partial charge in [0.05, 0.1) is 0 Å². The average Bonchev–Trinajstić information content (AvgIpc) is 3.70. The predicted octanol–water partition coefficient (Wildman–Crippen LogP) is 0.413. The average molecular weight is 705 g/mol. The molecular weight excluding hydrogens is 658 g/mol. The number of benzene rings is 1. The molecule has 274 valence electrons. The Hall–Kier alpha value is -4.63. The second-order valence-corrected chi connectivity index (χ2v) is 13.4. The van der Waals surface area contributed by atoms with Crippen molar-refractivity contribution in [3.63, 3.8) is 0 Å². The van der Waals surface area contributed by atoms with Crippen LogP contribution in [0.15, 0.2) is 18.2 Å². The van der Waals surface area contributed by atoms with E-state index in [2.05, 4.69) is 16.0 Å². The van der Waals surface area contributed by atoms with E-state index in [4.69, 9.17) is 4.74 Å². The van der Waals surface area contributed by atoms with Crippen molar-refractivity contribution < 1.29 is 47.1 Å². The number of esters is 1. The minimum Gasteiger partial charge on any atom is -0.461 e. The molecule has 4 rings (SSSR count). The summed E-state index contributed by atoms with van der Waals surface area (Å²) in [4.78, 5) is 98.1. The minimum atomic E-state index is -1.55. The lowest BCUT2D eigenvalue weighted by atomic mass is 10.0. The normalized spacial score (nSPS) is 27.3. The molecule has 7 atom stereocenters. The van der Waals surface area contributed by atoms with Gasteiger partial charge in [-0.2, -0.15) is 0 Å². The molecule has 3 aliphatic rings. The quantitative estimate of drug-likeness (QED) is 0.343. The third kappa shape index (κ3) is 8.93. The number of nitrogens with one attached hydrogen (secondary N) is 3. The molecule has 1 aromatic carbocycles. The van der Waals surface area contributed by atoms with E-state index in [0.717, 1.165) is 12.1 Å². The summed E-state index contributed by atoms with van der Waals surface area (Å²) in [5.41, 5.74) is 0.0657. The number of hydrogen-bond acceptors (Lipinski definition) is 8. The molecule has 6 amide bonds. The molecule has 0 aromatic heterocycles. The third-order valence-electron chi connectivity index (χ3n) is 9.42. The summed E-state index contributed by atoms with van der Waals surface area (Å²) < 4.78 is 33.7. The summed E-state index contributed by atoms with van der Waals surface area (Å²) in [7, 11) is 1.42. The van der Waals surface area contributed by atoms with Crippen LogP contribution in [0.3, 0.4) is 0 Å². The third-order valence-corrected chi connectivity index (χ3v) is 9.42. The zero-order chi connectivity index (χ0) is 36.9. The van der Waals surface area contributed by atoms with E-state index in [1.807, 2.05) is 6.92 Å². The van der Waals surface area contributed by atoms with Crippen LogP contribution >= 0.6 is 0 Å². The van der Waals surface area contributed by atoms with E-state index in [9.17, 15) is 42.3 Å². The molecule has 0 saturated carbocycles. The fourth-order valence-corrected chi connectivity index (χ4v) is 6.62. The van der Waals surface area contributed by atoms with E-state index < -0.39 is 95.9 Å². The highest BCUT2D eigenvalue weighted by molar-refractivity contribution is 5.97. The van der Waals surface area contributed by atoms with Gasteiger partial charge in [-0.25, -0.2) is 13.6 Å². The van der Waals surface area contributed by atoms with Crippen LogP contribution in [0.5, 0.6) is 0 Å². The maximum atomic E-state index is 14.1. The molecule has 3 N–H and O–H groups in total. The van der Waals surface area contributed by atoms with Crippen LogP contribution in [0.4, 0.5) is 8.78 Å². The number of carbonyl (C=O) groups excluding carboxylic acids is 7. The van der Waals surface area contributed by atoms with E-state index in [1.165, 1.54) is 35.6 Å². The molecule has 0 bridgehead atoms. The van der Waals surface area contributed by atoms with Gasteiger partial charge in [-0.3, -0.25) is 28.8 Å². The highest BCUT2D eigenvalue weighted by Gasteiger charge is 2.44. The van der Waals surface area contributed by atoms with Gasteiger partial charge >= 0.3 is 5.97 Å². The predicted molar refractivity (Wildman–Crippen MR) is 174 cm³/mol. The number of likely N-dealkylation sites (N-methyl/N-ethyl adjacent to an activating group) is 1. The second-order valence-electron chi connectivity index (χ2n) is 13.4. The van der Waals surface area contributed by atoms with Crippen molar-refractivity contribution in [3.05, 3.63) is 35.4 Å². The molecule has 0 aliphatic carbocycles. The minimum absolute atomic E-state index is 0.0520. The Kier molecular flexibility index (Phi) is 12.5. The van der Waals surface area contributed by atoms with Gasteiger partial charge in [0.2, 0.25) is 35.4 Å². The van der Waals surface area contributed by atoms with Crippen molar-refractivity contribution in [2.24, 2.45) is 5.92 Å². The largest absolute Gasteiger partial charge is 0.461 e. The van der Waals surface area contributed by atoms with Crippen LogP contribution in [-0.4, -0.2) is 119 Å². The van der Waals surface area contributed by atoms with Crippen molar-refractivity contribution in [3.8, 4) is 0 Å². The highest BCUT2D eigenvalue weighted by Crippen LogP contribution is 2.26. The Balaban J connectivity index is 1.68. The van der Waals surface area contributed by atoms with Crippen LogP contribution in [0.25, 0.3) is 0 Å². The number of carbonyl (C=O) groups is 7. The van der Waals surface area contributed by atoms with Gasteiger partial charge in [0.15, 0.2) is 0 Å².